The molecule has 1 aromatic rings. The van der Waals surface area contributed by atoms with Gasteiger partial charge in [0.1, 0.15) is 0 Å². The lowest BCUT2D eigenvalue weighted by molar-refractivity contribution is 1.05. The lowest BCUT2D eigenvalue weighted by Gasteiger charge is -2.02. The van der Waals surface area contributed by atoms with Crippen LogP contribution in [0.4, 0.5) is 5.13 Å². The van der Waals surface area contributed by atoms with Gasteiger partial charge in [0.05, 0.1) is 0 Å². The fourth-order valence-corrected chi connectivity index (χ4v) is 1.24. The van der Waals surface area contributed by atoms with Gasteiger partial charge in [0.25, 0.3) is 3.79 Å². The molecule has 7 heteroatoms. The molecule has 3 nitrogen and oxygen atoms in total. The smallest absolute Gasteiger partial charge is 0.251 e. The average molecular weight is 218 g/mol. The standard InChI is InChI=1S/C3H2Cl3N3S/c4-3(5,6)1-8-2(7)10-9-1/h(H2,7,8,9). The number of alkyl halides is 3. The van der Waals surface area contributed by atoms with Crippen LogP contribution in [0.25, 0.3) is 0 Å². The molecular formula is C3H2Cl3N3S. The van der Waals surface area contributed by atoms with Crippen LogP contribution in [0.15, 0.2) is 0 Å². The summed E-state index contributed by atoms with van der Waals surface area (Å²) < 4.78 is 2.14. The molecule has 0 amide bonds. The van der Waals surface area contributed by atoms with E-state index in [-0.39, 0.29) is 5.82 Å². The minimum atomic E-state index is -1.56. The number of halogens is 3. The van der Waals surface area contributed by atoms with Crippen LogP contribution in [0.1, 0.15) is 5.82 Å². The molecule has 0 saturated heterocycles. The summed E-state index contributed by atoms with van der Waals surface area (Å²) in [6.45, 7) is 0. The Hall–Kier alpha value is 0.230. The van der Waals surface area contributed by atoms with Crippen LogP contribution in [0.2, 0.25) is 0 Å². The molecule has 1 aromatic heterocycles. The van der Waals surface area contributed by atoms with Crippen LogP contribution in [-0.4, -0.2) is 9.36 Å². The van der Waals surface area contributed by atoms with E-state index in [1.807, 2.05) is 0 Å². The maximum absolute atomic E-state index is 5.43. The topological polar surface area (TPSA) is 51.8 Å². The molecule has 56 valence electrons. The number of hydrogen-bond donors (Lipinski definition) is 1. The van der Waals surface area contributed by atoms with Crippen molar-refractivity contribution in [2.24, 2.45) is 0 Å². The van der Waals surface area contributed by atoms with Gasteiger partial charge in [-0.05, 0) is 0 Å². The highest BCUT2D eigenvalue weighted by Gasteiger charge is 2.27. The molecule has 2 N–H and O–H groups in total. The Labute approximate surface area is 76.3 Å². The third-order valence-electron chi connectivity index (χ3n) is 0.695. The van der Waals surface area contributed by atoms with Gasteiger partial charge < -0.3 is 5.73 Å². The third kappa shape index (κ3) is 1.85. The van der Waals surface area contributed by atoms with Crippen LogP contribution < -0.4 is 5.73 Å². The molecule has 10 heavy (non-hydrogen) atoms. The molecule has 0 aliphatic rings. The molecule has 1 heterocycles. The lowest BCUT2D eigenvalue weighted by Crippen LogP contribution is -2.02. The normalized spacial score (nSPS) is 11.9. The molecule has 0 fully saturated rings. The van der Waals surface area contributed by atoms with Crippen molar-refractivity contribution in [2.45, 2.75) is 3.79 Å². The highest BCUT2D eigenvalue weighted by atomic mass is 35.6. The summed E-state index contributed by atoms with van der Waals surface area (Å²) >= 11 is 17.3. The average Bonchev–Trinajstić information content (AvgIpc) is 2.11. The fourth-order valence-electron chi connectivity index (χ4n) is 0.350. The van der Waals surface area contributed by atoms with Gasteiger partial charge in [0.15, 0.2) is 11.0 Å². The van der Waals surface area contributed by atoms with E-state index in [4.69, 9.17) is 40.5 Å². The van der Waals surface area contributed by atoms with E-state index >= 15 is 0 Å². The summed E-state index contributed by atoms with van der Waals surface area (Å²) in [4.78, 5) is 3.67. The molecule has 0 radical (unpaired) electrons. The highest BCUT2D eigenvalue weighted by Crippen LogP contribution is 2.36. The first-order chi connectivity index (χ1) is 4.50. The van der Waals surface area contributed by atoms with E-state index in [9.17, 15) is 0 Å². The number of anilines is 1. The maximum atomic E-state index is 5.43. The summed E-state index contributed by atoms with van der Waals surface area (Å²) in [6, 6.07) is 0. The molecule has 0 aliphatic heterocycles. The Bertz CT molecular complexity index is 229. The second-order valence-corrected chi connectivity index (χ2v) is 4.52. The first-order valence-electron chi connectivity index (χ1n) is 2.16. The summed E-state index contributed by atoms with van der Waals surface area (Å²) in [7, 11) is 0. The summed E-state index contributed by atoms with van der Waals surface area (Å²) in [6.07, 6.45) is 0. The van der Waals surface area contributed by atoms with Gasteiger partial charge in [-0.15, -0.1) is 0 Å². The summed E-state index contributed by atoms with van der Waals surface area (Å²) in [5, 5.41) is 0.293. The van der Waals surface area contributed by atoms with Gasteiger partial charge >= 0.3 is 0 Å². The van der Waals surface area contributed by atoms with E-state index in [1.165, 1.54) is 0 Å². The maximum Gasteiger partial charge on any atom is 0.251 e. The molecule has 1 rings (SSSR count). The zero-order valence-corrected chi connectivity index (χ0v) is 7.60. The zero-order chi connectivity index (χ0) is 7.78. The fraction of sp³-hybridized carbons (Fsp3) is 0.333. The van der Waals surface area contributed by atoms with Gasteiger partial charge in [-0.2, -0.15) is 9.36 Å². The first kappa shape index (κ1) is 8.33. The Morgan fingerprint density at radius 2 is 2.00 bits per heavy atom. The monoisotopic (exact) mass is 217 g/mol. The minimum Gasteiger partial charge on any atom is -0.374 e. The summed E-state index contributed by atoms with van der Waals surface area (Å²) in [5.74, 6) is 0.125. The van der Waals surface area contributed by atoms with Gasteiger partial charge in [-0.1, -0.05) is 34.8 Å². The van der Waals surface area contributed by atoms with Crippen LogP contribution in [0.5, 0.6) is 0 Å². The predicted octanol–water partition coefficient (Wildman–Crippen LogP) is 1.95. The second kappa shape index (κ2) is 2.70. The van der Waals surface area contributed by atoms with E-state index in [0.717, 1.165) is 11.5 Å². The van der Waals surface area contributed by atoms with Crippen molar-refractivity contribution >= 4 is 51.5 Å². The van der Waals surface area contributed by atoms with E-state index in [2.05, 4.69) is 9.36 Å². The summed E-state index contributed by atoms with van der Waals surface area (Å²) in [5.41, 5.74) is 5.24. The van der Waals surface area contributed by atoms with Crippen molar-refractivity contribution in [3.8, 4) is 0 Å². The van der Waals surface area contributed by atoms with Crippen molar-refractivity contribution in [2.75, 3.05) is 5.73 Å². The van der Waals surface area contributed by atoms with Crippen molar-refractivity contribution < 1.29 is 0 Å². The molecule has 0 atom stereocenters. The molecule has 0 bridgehead atoms. The SMILES string of the molecule is Nc1nc(C(Cl)(Cl)Cl)ns1. The van der Waals surface area contributed by atoms with Gasteiger partial charge in [-0.3, -0.25) is 0 Å². The first-order valence-corrected chi connectivity index (χ1v) is 4.07. The van der Waals surface area contributed by atoms with Crippen LogP contribution in [-0.2, 0) is 3.79 Å². The number of rotatable bonds is 0. The largest absolute Gasteiger partial charge is 0.374 e. The lowest BCUT2D eigenvalue weighted by atomic mass is 10.7. The van der Waals surface area contributed by atoms with Gasteiger partial charge in [-0.25, -0.2) is 0 Å². The van der Waals surface area contributed by atoms with E-state index in [1.54, 1.807) is 0 Å². The van der Waals surface area contributed by atoms with E-state index in [0.29, 0.717) is 5.13 Å². The highest BCUT2D eigenvalue weighted by molar-refractivity contribution is 7.09. The van der Waals surface area contributed by atoms with Crippen molar-refractivity contribution in [3.63, 3.8) is 0 Å². The molecule has 0 spiro atoms. The number of hydrogen-bond acceptors (Lipinski definition) is 4. The van der Waals surface area contributed by atoms with E-state index < -0.39 is 3.79 Å². The number of nitrogens with two attached hydrogens (primary N) is 1. The molecule has 0 unspecified atom stereocenters. The van der Waals surface area contributed by atoms with Crippen LogP contribution in [0.3, 0.4) is 0 Å². The number of nitrogen functional groups attached to an aromatic ring is 1. The van der Waals surface area contributed by atoms with Gasteiger partial charge in [0, 0.05) is 11.5 Å². The van der Waals surface area contributed by atoms with Gasteiger partial charge in [0.2, 0.25) is 0 Å². The zero-order valence-electron chi connectivity index (χ0n) is 4.51. The predicted molar refractivity (Wildman–Crippen MR) is 43.6 cm³/mol. The Morgan fingerprint density at radius 3 is 2.20 bits per heavy atom. The number of aromatic nitrogens is 2. The number of nitrogens with zero attached hydrogens (tertiary/aromatic N) is 2. The van der Waals surface area contributed by atoms with Crippen molar-refractivity contribution in [1.29, 1.82) is 0 Å². The Kier molecular flexibility index (Phi) is 2.24. The van der Waals surface area contributed by atoms with Crippen molar-refractivity contribution in [3.05, 3.63) is 5.82 Å². The molecule has 0 aliphatic carbocycles. The minimum absolute atomic E-state index is 0.125. The Balaban J connectivity index is 2.96. The van der Waals surface area contributed by atoms with Crippen LogP contribution >= 0.6 is 46.3 Å². The Morgan fingerprint density at radius 1 is 1.40 bits per heavy atom. The quantitative estimate of drug-likeness (QED) is 0.677. The second-order valence-electron chi connectivity index (χ2n) is 1.45. The molecule has 0 saturated carbocycles. The molecule has 0 aromatic carbocycles. The third-order valence-corrected chi connectivity index (χ3v) is 1.74. The molecular weight excluding hydrogens is 216 g/mol. The van der Waals surface area contributed by atoms with Crippen molar-refractivity contribution in [1.82, 2.24) is 9.36 Å². The van der Waals surface area contributed by atoms with Crippen LogP contribution in [0, 0.1) is 0 Å².